The average Bonchev–Trinajstić information content (AvgIpc) is 2.37. The van der Waals surface area contributed by atoms with Crippen LogP contribution in [0, 0.1) is 0 Å². The molecule has 1 aromatic rings. The van der Waals surface area contributed by atoms with Gasteiger partial charge in [0.25, 0.3) is 0 Å². The van der Waals surface area contributed by atoms with Crippen LogP contribution >= 0.6 is 12.4 Å². The van der Waals surface area contributed by atoms with Gasteiger partial charge in [0.15, 0.2) is 0 Å². The highest BCUT2D eigenvalue weighted by molar-refractivity contribution is 5.95. The highest BCUT2D eigenvalue weighted by Crippen LogP contribution is 2.16. The fourth-order valence-electron chi connectivity index (χ4n) is 2.03. The summed E-state index contributed by atoms with van der Waals surface area (Å²) in [7, 11) is 0. The minimum absolute atomic E-state index is 0. The van der Waals surface area contributed by atoms with E-state index in [-0.39, 0.29) is 24.4 Å². The average molecular weight is 285 g/mol. The van der Waals surface area contributed by atoms with Crippen LogP contribution in [0.5, 0.6) is 0 Å². The van der Waals surface area contributed by atoms with Gasteiger partial charge in [0.2, 0.25) is 5.91 Å². The molecule has 0 unspecified atom stereocenters. The first-order valence-corrected chi connectivity index (χ1v) is 6.69. The number of para-hydroxylation sites is 1. The van der Waals surface area contributed by atoms with Gasteiger partial charge in [0.1, 0.15) is 0 Å². The maximum absolute atomic E-state index is 12.4. The van der Waals surface area contributed by atoms with Crippen LogP contribution in [-0.4, -0.2) is 36.5 Å². The number of carbonyl (C=O) groups excluding carboxylic acids is 1. The quantitative estimate of drug-likeness (QED) is 0.801. The smallest absolute Gasteiger partial charge is 0.241 e. The Balaban J connectivity index is 0.00000324. The number of benzene rings is 1. The van der Waals surface area contributed by atoms with Crippen molar-refractivity contribution in [2.24, 2.45) is 0 Å². The second-order valence-electron chi connectivity index (χ2n) is 4.65. The first-order chi connectivity index (χ1) is 8.60. The first-order valence-electron chi connectivity index (χ1n) is 6.69. The molecular formula is C15H25ClN2O. The third-order valence-corrected chi connectivity index (χ3v) is 3.07. The molecule has 0 aliphatic rings. The van der Waals surface area contributed by atoms with E-state index in [1.54, 1.807) is 0 Å². The van der Waals surface area contributed by atoms with Crippen molar-refractivity contribution < 1.29 is 4.79 Å². The fourth-order valence-corrected chi connectivity index (χ4v) is 2.03. The monoisotopic (exact) mass is 284 g/mol. The molecule has 0 fully saturated rings. The summed E-state index contributed by atoms with van der Waals surface area (Å²) in [5.41, 5.74) is 0.977. The Kier molecular flexibility index (Phi) is 8.44. The van der Waals surface area contributed by atoms with Crippen LogP contribution in [0.3, 0.4) is 0 Å². The Morgan fingerprint density at radius 3 is 2.05 bits per heavy atom. The van der Waals surface area contributed by atoms with Crippen LogP contribution in [0.2, 0.25) is 0 Å². The van der Waals surface area contributed by atoms with Gasteiger partial charge in [-0.15, -0.1) is 12.4 Å². The molecule has 0 aliphatic heterocycles. The second-order valence-corrected chi connectivity index (χ2v) is 4.65. The summed E-state index contributed by atoms with van der Waals surface area (Å²) in [5, 5.41) is 0. The minimum Gasteiger partial charge on any atom is -0.309 e. The number of hydrogen-bond acceptors (Lipinski definition) is 2. The van der Waals surface area contributed by atoms with Gasteiger partial charge in [-0.2, -0.15) is 0 Å². The van der Waals surface area contributed by atoms with E-state index in [9.17, 15) is 4.79 Å². The van der Waals surface area contributed by atoms with Crippen molar-refractivity contribution in [3.8, 4) is 0 Å². The molecule has 0 spiro atoms. The molecule has 1 amide bonds. The van der Waals surface area contributed by atoms with Crippen LogP contribution in [0.25, 0.3) is 0 Å². The van der Waals surface area contributed by atoms with Crippen LogP contribution in [0.4, 0.5) is 5.69 Å². The van der Waals surface area contributed by atoms with Gasteiger partial charge in [0.05, 0.1) is 6.54 Å². The molecule has 3 nitrogen and oxygen atoms in total. The molecule has 0 bridgehead atoms. The normalized spacial score (nSPS) is 10.4. The van der Waals surface area contributed by atoms with Crippen molar-refractivity contribution in [2.45, 2.75) is 33.7 Å². The van der Waals surface area contributed by atoms with Gasteiger partial charge < -0.3 is 4.90 Å². The summed E-state index contributed by atoms with van der Waals surface area (Å²) < 4.78 is 0. The Hall–Kier alpha value is -1.06. The molecule has 0 saturated heterocycles. The summed E-state index contributed by atoms with van der Waals surface area (Å²) >= 11 is 0. The van der Waals surface area contributed by atoms with Gasteiger partial charge in [-0.25, -0.2) is 0 Å². The maximum Gasteiger partial charge on any atom is 0.241 e. The lowest BCUT2D eigenvalue weighted by atomic mass is 10.2. The zero-order chi connectivity index (χ0) is 13.5. The summed E-state index contributed by atoms with van der Waals surface area (Å²) in [4.78, 5) is 16.4. The van der Waals surface area contributed by atoms with E-state index in [0.29, 0.717) is 6.54 Å². The molecule has 1 aromatic carbocycles. The van der Waals surface area contributed by atoms with E-state index in [1.807, 2.05) is 49.1 Å². The summed E-state index contributed by atoms with van der Waals surface area (Å²) in [6.45, 7) is 10.6. The number of amides is 1. The van der Waals surface area contributed by atoms with Gasteiger partial charge in [-0.05, 0) is 39.1 Å². The lowest BCUT2D eigenvalue weighted by Crippen LogP contribution is -2.43. The maximum atomic E-state index is 12.4. The molecule has 0 saturated carbocycles. The predicted molar refractivity (Wildman–Crippen MR) is 84.1 cm³/mol. The number of rotatable bonds is 6. The van der Waals surface area contributed by atoms with Crippen molar-refractivity contribution in [2.75, 3.05) is 24.5 Å². The van der Waals surface area contributed by atoms with Crippen LogP contribution in [0.1, 0.15) is 27.7 Å². The predicted octanol–water partition coefficient (Wildman–Crippen LogP) is 3.19. The molecule has 0 aliphatic carbocycles. The standard InChI is InChI=1S/C15H24N2O.ClH/c1-5-16(6-2)12-15(18)17(13(3)4)14-10-8-7-9-11-14;/h7-11,13H,5-6,12H2,1-4H3;1H. The summed E-state index contributed by atoms with van der Waals surface area (Å²) in [5.74, 6) is 0.167. The minimum atomic E-state index is 0. The molecule has 0 atom stereocenters. The largest absolute Gasteiger partial charge is 0.309 e. The molecule has 19 heavy (non-hydrogen) atoms. The Bertz CT molecular complexity index is 364. The van der Waals surface area contributed by atoms with Crippen molar-refractivity contribution >= 4 is 24.0 Å². The molecular weight excluding hydrogens is 260 g/mol. The number of halogens is 1. The van der Waals surface area contributed by atoms with Crippen LogP contribution in [0.15, 0.2) is 30.3 Å². The zero-order valence-electron chi connectivity index (χ0n) is 12.3. The molecule has 0 N–H and O–H groups in total. The lowest BCUT2D eigenvalue weighted by molar-refractivity contribution is -0.120. The van der Waals surface area contributed by atoms with E-state index in [0.717, 1.165) is 18.8 Å². The van der Waals surface area contributed by atoms with Gasteiger partial charge in [-0.1, -0.05) is 32.0 Å². The lowest BCUT2D eigenvalue weighted by Gasteiger charge is -2.29. The van der Waals surface area contributed by atoms with E-state index in [4.69, 9.17) is 0 Å². The van der Waals surface area contributed by atoms with Gasteiger partial charge in [0, 0.05) is 11.7 Å². The number of carbonyl (C=O) groups is 1. The molecule has 0 aromatic heterocycles. The number of anilines is 1. The van der Waals surface area contributed by atoms with Crippen molar-refractivity contribution in [3.63, 3.8) is 0 Å². The highest BCUT2D eigenvalue weighted by Gasteiger charge is 2.20. The second kappa shape index (κ2) is 8.94. The third-order valence-electron chi connectivity index (χ3n) is 3.07. The number of hydrogen-bond donors (Lipinski definition) is 0. The molecule has 0 heterocycles. The van der Waals surface area contributed by atoms with Crippen LogP contribution in [-0.2, 0) is 4.79 Å². The van der Waals surface area contributed by atoms with Gasteiger partial charge in [-0.3, -0.25) is 9.69 Å². The Labute approximate surface area is 123 Å². The zero-order valence-corrected chi connectivity index (χ0v) is 13.1. The first kappa shape index (κ1) is 17.9. The van der Waals surface area contributed by atoms with E-state index >= 15 is 0 Å². The third kappa shape index (κ3) is 5.21. The van der Waals surface area contributed by atoms with Crippen LogP contribution < -0.4 is 4.90 Å². The van der Waals surface area contributed by atoms with E-state index < -0.39 is 0 Å². The van der Waals surface area contributed by atoms with Gasteiger partial charge >= 0.3 is 0 Å². The Morgan fingerprint density at radius 1 is 1.11 bits per heavy atom. The summed E-state index contributed by atoms with van der Waals surface area (Å²) in [6.07, 6.45) is 0. The number of likely N-dealkylation sites (N-methyl/N-ethyl adjacent to an activating group) is 1. The highest BCUT2D eigenvalue weighted by atomic mass is 35.5. The van der Waals surface area contributed by atoms with E-state index in [2.05, 4.69) is 18.7 Å². The number of nitrogens with zero attached hydrogens (tertiary/aromatic N) is 2. The summed E-state index contributed by atoms with van der Waals surface area (Å²) in [6, 6.07) is 10.1. The molecule has 1 rings (SSSR count). The Morgan fingerprint density at radius 2 is 1.63 bits per heavy atom. The molecule has 4 heteroatoms. The topological polar surface area (TPSA) is 23.6 Å². The molecule has 108 valence electrons. The van der Waals surface area contributed by atoms with Crippen molar-refractivity contribution in [1.82, 2.24) is 4.90 Å². The fraction of sp³-hybridized carbons (Fsp3) is 0.533. The molecule has 0 radical (unpaired) electrons. The van der Waals surface area contributed by atoms with E-state index in [1.165, 1.54) is 0 Å². The van der Waals surface area contributed by atoms with Crippen molar-refractivity contribution in [1.29, 1.82) is 0 Å². The van der Waals surface area contributed by atoms with Crippen molar-refractivity contribution in [3.05, 3.63) is 30.3 Å². The SMILES string of the molecule is CCN(CC)CC(=O)N(c1ccccc1)C(C)C.Cl.